The van der Waals surface area contributed by atoms with Crippen LogP contribution in [0.5, 0.6) is 0 Å². The first-order valence-corrected chi connectivity index (χ1v) is 4.37. The molecule has 13 heavy (non-hydrogen) atoms. The van der Waals surface area contributed by atoms with E-state index in [-0.39, 0.29) is 12.6 Å². The summed E-state index contributed by atoms with van der Waals surface area (Å²) in [5.41, 5.74) is 8.51. The van der Waals surface area contributed by atoms with Gasteiger partial charge in [-0.1, -0.05) is 0 Å². The van der Waals surface area contributed by atoms with Crippen LogP contribution < -0.4 is 11.1 Å². The molecule has 4 N–H and O–H groups in total. The van der Waals surface area contributed by atoms with E-state index in [9.17, 15) is 0 Å². The summed E-state index contributed by atoms with van der Waals surface area (Å²) in [6.07, 6.45) is 0. The van der Waals surface area contributed by atoms with Gasteiger partial charge >= 0.3 is 0 Å². The highest BCUT2D eigenvalue weighted by molar-refractivity contribution is 5.56. The first kappa shape index (κ1) is 9.86. The Hall–Kier alpha value is -1.22. The molecular formula is C10H16N2O. The van der Waals surface area contributed by atoms with Gasteiger partial charge in [-0.3, -0.25) is 0 Å². The smallest absolute Gasteiger partial charge is 0.0630 e. The first-order chi connectivity index (χ1) is 6.13. The molecule has 0 aromatic heterocycles. The Kier molecular flexibility index (Phi) is 3.14. The van der Waals surface area contributed by atoms with Crippen molar-refractivity contribution in [1.82, 2.24) is 0 Å². The van der Waals surface area contributed by atoms with E-state index in [0.717, 1.165) is 16.9 Å². The van der Waals surface area contributed by atoms with Crippen LogP contribution >= 0.6 is 0 Å². The molecule has 0 saturated carbocycles. The molecule has 1 rings (SSSR count). The molecule has 0 bridgehead atoms. The number of nitrogens with one attached hydrogen (secondary N) is 1. The van der Waals surface area contributed by atoms with Crippen LogP contribution in [-0.4, -0.2) is 17.8 Å². The third-order valence-electron chi connectivity index (χ3n) is 1.96. The van der Waals surface area contributed by atoms with Crippen LogP contribution in [0, 0.1) is 6.92 Å². The van der Waals surface area contributed by atoms with E-state index in [0.29, 0.717) is 0 Å². The highest BCUT2D eigenvalue weighted by atomic mass is 16.3. The molecule has 1 aromatic carbocycles. The summed E-state index contributed by atoms with van der Waals surface area (Å²) < 4.78 is 0. The molecule has 72 valence electrons. The van der Waals surface area contributed by atoms with E-state index in [1.54, 1.807) is 0 Å². The Labute approximate surface area is 78.6 Å². The van der Waals surface area contributed by atoms with Gasteiger partial charge in [-0.15, -0.1) is 0 Å². The van der Waals surface area contributed by atoms with E-state index in [2.05, 4.69) is 5.32 Å². The van der Waals surface area contributed by atoms with E-state index in [1.165, 1.54) is 0 Å². The zero-order chi connectivity index (χ0) is 9.84. The summed E-state index contributed by atoms with van der Waals surface area (Å²) in [4.78, 5) is 0. The second-order valence-corrected chi connectivity index (χ2v) is 3.30. The standard InChI is InChI=1S/C10H16N2O/c1-7-5-9(3-4-10(7)11)12-8(2)6-13/h3-5,8,12-13H,6,11H2,1-2H3. The summed E-state index contributed by atoms with van der Waals surface area (Å²) in [6, 6.07) is 5.82. The van der Waals surface area contributed by atoms with Crippen LogP contribution in [0.15, 0.2) is 18.2 Å². The Bertz CT molecular complexity index is 286. The lowest BCUT2D eigenvalue weighted by Gasteiger charge is -2.13. The van der Waals surface area contributed by atoms with Gasteiger partial charge in [-0.2, -0.15) is 0 Å². The quantitative estimate of drug-likeness (QED) is 0.616. The van der Waals surface area contributed by atoms with Gasteiger partial charge in [-0.25, -0.2) is 0 Å². The topological polar surface area (TPSA) is 58.3 Å². The summed E-state index contributed by atoms with van der Waals surface area (Å²) >= 11 is 0. The fraction of sp³-hybridized carbons (Fsp3) is 0.400. The molecule has 1 atom stereocenters. The van der Waals surface area contributed by atoms with Gasteiger partial charge in [0.15, 0.2) is 0 Å². The minimum Gasteiger partial charge on any atom is -0.399 e. The van der Waals surface area contributed by atoms with Crippen molar-refractivity contribution >= 4 is 11.4 Å². The number of nitrogen functional groups attached to an aromatic ring is 1. The fourth-order valence-electron chi connectivity index (χ4n) is 1.10. The van der Waals surface area contributed by atoms with Gasteiger partial charge in [-0.05, 0) is 37.6 Å². The van der Waals surface area contributed by atoms with Crippen molar-refractivity contribution in [3.63, 3.8) is 0 Å². The van der Waals surface area contributed by atoms with Crippen molar-refractivity contribution in [2.24, 2.45) is 0 Å². The molecule has 0 aliphatic rings. The van der Waals surface area contributed by atoms with Gasteiger partial charge in [0.2, 0.25) is 0 Å². The molecule has 0 radical (unpaired) electrons. The zero-order valence-corrected chi connectivity index (χ0v) is 8.04. The Morgan fingerprint density at radius 2 is 2.23 bits per heavy atom. The molecule has 0 aliphatic heterocycles. The Morgan fingerprint density at radius 3 is 2.77 bits per heavy atom. The zero-order valence-electron chi connectivity index (χ0n) is 8.04. The number of rotatable bonds is 3. The number of aliphatic hydroxyl groups is 1. The average molecular weight is 180 g/mol. The third kappa shape index (κ3) is 2.63. The largest absolute Gasteiger partial charge is 0.399 e. The molecule has 0 amide bonds. The van der Waals surface area contributed by atoms with Crippen LogP contribution in [-0.2, 0) is 0 Å². The van der Waals surface area contributed by atoms with Gasteiger partial charge in [0.1, 0.15) is 0 Å². The molecule has 0 heterocycles. The van der Waals surface area contributed by atoms with Gasteiger partial charge < -0.3 is 16.2 Å². The number of aliphatic hydroxyl groups excluding tert-OH is 1. The molecule has 0 aliphatic carbocycles. The molecule has 3 nitrogen and oxygen atoms in total. The summed E-state index contributed by atoms with van der Waals surface area (Å²) in [5.74, 6) is 0. The van der Waals surface area contributed by atoms with Crippen LogP contribution in [0.4, 0.5) is 11.4 Å². The minimum atomic E-state index is 0.0722. The highest BCUT2D eigenvalue weighted by Crippen LogP contribution is 2.16. The second kappa shape index (κ2) is 4.14. The molecule has 3 heteroatoms. The molecule has 1 unspecified atom stereocenters. The van der Waals surface area contributed by atoms with E-state index in [1.807, 2.05) is 32.0 Å². The maximum Gasteiger partial charge on any atom is 0.0630 e. The summed E-state index contributed by atoms with van der Waals surface area (Å²) in [7, 11) is 0. The number of nitrogens with two attached hydrogens (primary N) is 1. The summed E-state index contributed by atoms with van der Waals surface area (Å²) in [6.45, 7) is 4.01. The molecule has 1 aromatic rings. The number of anilines is 2. The van der Waals surface area contributed by atoms with Crippen LogP contribution in [0.3, 0.4) is 0 Å². The van der Waals surface area contributed by atoms with Crippen LogP contribution in [0.25, 0.3) is 0 Å². The van der Waals surface area contributed by atoms with Crippen molar-refractivity contribution in [3.05, 3.63) is 23.8 Å². The normalized spacial score (nSPS) is 12.5. The van der Waals surface area contributed by atoms with E-state index >= 15 is 0 Å². The van der Waals surface area contributed by atoms with Crippen molar-refractivity contribution in [2.45, 2.75) is 19.9 Å². The Balaban J connectivity index is 2.73. The lowest BCUT2D eigenvalue weighted by atomic mass is 10.2. The Morgan fingerprint density at radius 1 is 1.54 bits per heavy atom. The van der Waals surface area contributed by atoms with Gasteiger partial charge in [0.25, 0.3) is 0 Å². The number of hydrogen-bond donors (Lipinski definition) is 3. The van der Waals surface area contributed by atoms with E-state index < -0.39 is 0 Å². The van der Waals surface area contributed by atoms with Crippen molar-refractivity contribution in [2.75, 3.05) is 17.7 Å². The number of hydrogen-bond acceptors (Lipinski definition) is 3. The molecular weight excluding hydrogens is 164 g/mol. The predicted octanol–water partition coefficient (Wildman–Crippen LogP) is 1.37. The number of benzene rings is 1. The van der Waals surface area contributed by atoms with Crippen molar-refractivity contribution < 1.29 is 5.11 Å². The van der Waals surface area contributed by atoms with Crippen LogP contribution in [0.2, 0.25) is 0 Å². The van der Waals surface area contributed by atoms with Crippen molar-refractivity contribution in [3.8, 4) is 0 Å². The second-order valence-electron chi connectivity index (χ2n) is 3.30. The van der Waals surface area contributed by atoms with Gasteiger partial charge in [0, 0.05) is 17.4 Å². The molecule has 0 spiro atoms. The fourth-order valence-corrected chi connectivity index (χ4v) is 1.10. The molecule has 0 saturated heterocycles. The lowest BCUT2D eigenvalue weighted by molar-refractivity contribution is 0.281. The first-order valence-electron chi connectivity index (χ1n) is 4.37. The lowest BCUT2D eigenvalue weighted by Crippen LogP contribution is -2.19. The predicted molar refractivity (Wildman–Crippen MR) is 55.8 cm³/mol. The molecule has 0 fully saturated rings. The van der Waals surface area contributed by atoms with E-state index in [4.69, 9.17) is 10.8 Å². The van der Waals surface area contributed by atoms with Crippen molar-refractivity contribution in [1.29, 1.82) is 0 Å². The third-order valence-corrected chi connectivity index (χ3v) is 1.96. The highest BCUT2D eigenvalue weighted by Gasteiger charge is 2.00. The monoisotopic (exact) mass is 180 g/mol. The minimum absolute atomic E-state index is 0.0722. The maximum atomic E-state index is 8.83. The van der Waals surface area contributed by atoms with Gasteiger partial charge in [0.05, 0.1) is 6.61 Å². The van der Waals surface area contributed by atoms with Crippen LogP contribution in [0.1, 0.15) is 12.5 Å². The number of aryl methyl sites for hydroxylation is 1. The summed E-state index contributed by atoms with van der Waals surface area (Å²) in [5, 5.41) is 12.0. The SMILES string of the molecule is Cc1cc(NC(C)CO)ccc1N. The average Bonchev–Trinajstić information content (AvgIpc) is 2.11. The maximum absolute atomic E-state index is 8.83.